The summed E-state index contributed by atoms with van der Waals surface area (Å²) in [7, 11) is 1.14. The number of carbonyl (C=O) groups excluding carboxylic acids is 2. The molecule has 3 amide bonds. The second-order valence-corrected chi connectivity index (χ2v) is 11.0. The number of imidazole rings is 1. The van der Waals surface area contributed by atoms with Crippen LogP contribution in [0.1, 0.15) is 66.3 Å². The van der Waals surface area contributed by atoms with Gasteiger partial charge in [-0.1, -0.05) is 38.1 Å². The molecule has 1 aromatic heterocycles. The van der Waals surface area contributed by atoms with Crippen LogP contribution in [0.5, 0.6) is 0 Å². The minimum Gasteiger partial charge on any atom is -0.399 e. The van der Waals surface area contributed by atoms with Gasteiger partial charge in [0.25, 0.3) is 0 Å². The third kappa shape index (κ3) is 5.02. The van der Waals surface area contributed by atoms with Crippen molar-refractivity contribution in [3.8, 4) is 11.3 Å². The quantitative estimate of drug-likeness (QED) is 0.534. The van der Waals surface area contributed by atoms with E-state index in [-0.39, 0.29) is 35.1 Å². The highest BCUT2D eigenvalue weighted by Gasteiger charge is 2.51. The van der Waals surface area contributed by atoms with E-state index in [2.05, 4.69) is 15.6 Å². The molecule has 4 rings (SSSR count). The summed E-state index contributed by atoms with van der Waals surface area (Å²) in [4.78, 5) is 35.2. The molecular formula is C26H38BN5O4. The number of carbonyl (C=O) groups is 2. The van der Waals surface area contributed by atoms with Gasteiger partial charge in [0.1, 0.15) is 11.9 Å². The Morgan fingerprint density at radius 3 is 2.36 bits per heavy atom. The van der Waals surface area contributed by atoms with Crippen LogP contribution in [0.3, 0.4) is 0 Å². The van der Waals surface area contributed by atoms with E-state index in [0.29, 0.717) is 6.54 Å². The molecule has 10 heteroatoms. The summed E-state index contributed by atoms with van der Waals surface area (Å²) in [5.74, 6) is 0.639. The van der Waals surface area contributed by atoms with Gasteiger partial charge in [-0.15, -0.1) is 0 Å². The SMILES string of the molecule is CNC(=O)NC(C(=O)N1CCCC1c1nc(-c2ccc(B3OC(C)(C)C(C)(C)O3)cc2)c[nH]1)C(C)C. The summed E-state index contributed by atoms with van der Waals surface area (Å²) in [6.07, 6.45) is 3.59. The lowest BCUT2D eigenvalue weighted by Crippen LogP contribution is -2.53. The predicted octanol–water partition coefficient (Wildman–Crippen LogP) is 2.99. The normalized spacial score (nSPS) is 21.6. The maximum absolute atomic E-state index is 13.4. The van der Waals surface area contributed by atoms with Crippen LogP contribution < -0.4 is 16.1 Å². The van der Waals surface area contributed by atoms with Gasteiger partial charge in [-0.3, -0.25) is 4.79 Å². The lowest BCUT2D eigenvalue weighted by atomic mass is 9.79. The molecule has 9 nitrogen and oxygen atoms in total. The molecule has 3 N–H and O–H groups in total. The van der Waals surface area contributed by atoms with E-state index in [0.717, 1.165) is 35.4 Å². The van der Waals surface area contributed by atoms with Crippen molar-refractivity contribution >= 4 is 24.5 Å². The lowest BCUT2D eigenvalue weighted by molar-refractivity contribution is -0.135. The molecule has 194 valence electrons. The maximum Gasteiger partial charge on any atom is 0.494 e. The van der Waals surface area contributed by atoms with Gasteiger partial charge in [-0.25, -0.2) is 9.78 Å². The highest BCUT2D eigenvalue weighted by atomic mass is 16.7. The van der Waals surface area contributed by atoms with Crippen LogP contribution in [-0.2, 0) is 14.1 Å². The fraction of sp³-hybridized carbons (Fsp3) is 0.577. The van der Waals surface area contributed by atoms with E-state index in [1.54, 1.807) is 7.05 Å². The summed E-state index contributed by atoms with van der Waals surface area (Å²) in [6.45, 7) is 12.7. The van der Waals surface area contributed by atoms with Gasteiger partial charge in [0.05, 0.1) is 22.9 Å². The van der Waals surface area contributed by atoms with Gasteiger partial charge in [-0.05, 0) is 51.9 Å². The minimum atomic E-state index is -0.595. The molecule has 0 aliphatic carbocycles. The predicted molar refractivity (Wildman–Crippen MR) is 140 cm³/mol. The number of rotatable bonds is 6. The molecule has 0 spiro atoms. The molecule has 2 saturated heterocycles. The molecule has 0 saturated carbocycles. The van der Waals surface area contributed by atoms with Crippen molar-refractivity contribution < 1.29 is 18.9 Å². The fourth-order valence-corrected chi connectivity index (χ4v) is 4.67. The molecule has 2 aliphatic rings. The number of aromatic nitrogens is 2. The van der Waals surface area contributed by atoms with Crippen LogP contribution in [0.15, 0.2) is 30.5 Å². The van der Waals surface area contributed by atoms with E-state index in [1.165, 1.54) is 0 Å². The number of aromatic amines is 1. The van der Waals surface area contributed by atoms with Crippen molar-refractivity contribution in [1.29, 1.82) is 0 Å². The first-order valence-corrected chi connectivity index (χ1v) is 12.7. The van der Waals surface area contributed by atoms with E-state index in [1.807, 2.05) is 76.9 Å². The van der Waals surface area contributed by atoms with Crippen molar-refractivity contribution in [1.82, 2.24) is 25.5 Å². The number of likely N-dealkylation sites (tertiary alicyclic amines) is 1. The number of nitrogens with one attached hydrogen (secondary N) is 3. The van der Waals surface area contributed by atoms with Crippen LogP contribution in [0.4, 0.5) is 4.79 Å². The Kier molecular flexibility index (Phi) is 7.21. The molecule has 3 heterocycles. The molecule has 2 unspecified atom stereocenters. The van der Waals surface area contributed by atoms with Crippen molar-refractivity contribution in [2.45, 2.75) is 77.7 Å². The molecule has 1 aromatic carbocycles. The number of hydrogen-bond donors (Lipinski definition) is 3. The third-order valence-electron chi connectivity index (χ3n) is 7.63. The number of H-pyrrole nitrogens is 1. The third-order valence-corrected chi connectivity index (χ3v) is 7.63. The number of urea groups is 1. The first kappa shape index (κ1) is 26.2. The Morgan fingerprint density at radius 1 is 1.14 bits per heavy atom. The number of nitrogens with zero attached hydrogens (tertiary/aromatic N) is 2. The van der Waals surface area contributed by atoms with Gasteiger partial charge in [0, 0.05) is 25.4 Å². The standard InChI is InChI=1S/C26H38BN5O4/c1-16(2)21(31-24(34)28-7)23(33)32-14-8-9-20(32)22-29-15-19(30-22)17-10-12-18(13-11-17)27-35-25(3,4)26(5,6)36-27/h10-13,15-16,20-21H,8-9,14H2,1-7H3,(H,29,30)(H2,28,31,34). The van der Waals surface area contributed by atoms with E-state index in [9.17, 15) is 9.59 Å². The van der Waals surface area contributed by atoms with Gasteiger partial charge >= 0.3 is 13.1 Å². The van der Waals surface area contributed by atoms with Gasteiger partial charge in [-0.2, -0.15) is 0 Å². The lowest BCUT2D eigenvalue weighted by Gasteiger charge is -2.32. The summed E-state index contributed by atoms with van der Waals surface area (Å²) < 4.78 is 12.3. The zero-order valence-corrected chi connectivity index (χ0v) is 22.3. The van der Waals surface area contributed by atoms with Crippen LogP contribution in [0.25, 0.3) is 11.3 Å². The molecule has 2 aliphatic heterocycles. The second kappa shape index (κ2) is 9.90. The average molecular weight is 495 g/mol. The van der Waals surface area contributed by atoms with Crippen molar-refractivity contribution in [2.24, 2.45) is 5.92 Å². The Morgan fingerprint density at radius 2 is 1.78 bits per heavy atom. The van der Waals surface area contributed by atoms with Crippen molar-refractivity contribution in [3.63, 3.8) is 0 Å². The number of benzene rings is 1. The van der Waals surface area contributed by atoms with E-state index in [4.69, 9.17) is 14.3 Å². The first-order chi connectivity index (χ1) is 16.9. The fourth-order valence-electron chi connectivity index (χ4n) is 4.67. The van der Waals surface area contributed by atoms with Crippen molar-refractivity contribution in [2.75, 3.05) is 13.6 Å². The average Bonchev–Trinajstić information content (AvgIpc) is 3.54. The van der Waals surface area contributed by atoms with Gasteiger partial charge < -0.3 is 29.8 Å². The van der Waals surface area contributed by atoms with E-state index < -0.39 is 13.2 Å². The first-order valence-electron chi connectivity index (χ1n) is 12.7. The highest BCUT2D eigenvalue weighted by molar-refractivity contribution is 6.62. The largest absolute Gasteiger partial charge is 0.494 e. The maximum atomic E-state index is 13.4. The van der Waals surface area contributed by atoms with E-state index >= 15 is 0 Å². The minimum absolute atomic E-state index is 0.0364. The smallest absolute Gasteiger partial charge is 0.399 e. The Balaban J connectivity index is 1.48. The topological polar surface area (TPSA) is 109 Å². The van der Waals surface area contributed by atoms with Crippen molar-refractivity contribution in [3.05, 3.63) is 36.3 Å². The van der Waals surface area contributed by atoms with Crippen LogP contribution in [-0.4, -0.2) is 64.8 Å². The summed E-state index contributed by atoms with van der Waals surface area (Å²) in [5.41, 5.74) is 1.97. The van der Waals surface area contributed by atoms with Crippen LogP contribution in [0.2, 0.25) is 0 Å². The molecule has 0 radical (unpaired) electrons. The summed E-state index contributed by atoms with van der Waals surface area (Å²) >= 11 is 0. The van der Waals surface area contributed by atoms with Crippen LogP contribution in [0, 0.1) is 5.92 Å². The van der Waals surface area contributed by atoms with Gasteiger partial charge in [0.15, 0.2) is 0 Å². The Hall–Kier alpha value is -2.85. The Bertz CT molecular complexity index is 1080. The zero-order chi connectivity index (χ0) is 26.3. The zero-order valence-electron chi connectivity index (χ0n) is 22.3. The molecule has 36 heavy (non-hydrogen) atoms. The monoisotopic (exact) mass is 495 g/mol. The molecular weight excluding hydrogens is 457 g/mol. The molecule has 0 bridgehead atoms. The molecule has 2 aromatic rings. The summed E-state index contributed by atoms with van der Waals surface area (Å²) in [6, 6.07) is 6.94. The molecule has 2 atom stereocenters. The number of hydrogen-bond acceptors (Lipinski definition) is 5. The molecule has 2 fully saturated rings. The Labute approximate surface area is 213 Å². The second-order valence-electron chi connectivity index (χ2n) is 11.0. The number of amides is 3. The van der Waals surface area contributed by atoms with Gasteiger partial charge in [0.2, 0.25) is 5.91 Å². The summed E-state index contributed by atoms with van der Waals surface area (Å²) in [5, 5.41) is 5.33. The van der Waals surface area contributed by atoms with Crippen LogP contribution >= 0.6 is 0 Å². The highest BCUT2D eigenvalue weighted by Crippen LogP contribution is 2.37.